The monoisotopic (exact) mass is 256 g/mol. The summed E-state index contributed by atoms with van der Waals surface area (Å²) < 4.78 is 0. The van der Waals surface area contributed by atoms with Crippen LogP contribution in [0.5, 0.6) is 0 Å². The molecule has 0 saturated carbocycles. The molecule has 3 rings (SSSR count). The molecule has 5 nitrogen and oxygen atoms in total. The molecule has 0 spiro atoms. The van der Waals surface area contributed by atoms with E-state index in [9.17, 15) is 4.79 Å². The molecular weight excluding hydrogens is 240 g/mol. The van der Waals surface area contributed by atoms with E-state index in [1.165, 1.54) is 0 Å². The Balaban J connectivity index is 1.85. The van der Waals surface area contributed by atoms with E-state index >= 15 is 0 Å². The second-order valence-corrected chi connectivity index (χ2v) is 4.78. The van der Waals surface area contributed by atoms with Crippen LogP contribution in [0.25, 0.3) is 10.9 Å². The largest absolute Gasteiger partial charge is 0.399 e. The Morgan fingerprint density at radius 3 is 3.05 bits per heavy atom. The molecule has 1 amide bonds. The van der Waals surface area contributed by atoms with Crippen LogP contribution in [0.1, 0.15) is 12.8 Å². The molecule has 5 heteroatoms. The lowest BCUT2D eigenvalue weighted by atomic mass is 10.1. The summed E-state index contributed by atoms with van der Waals surface area (Å²) in [7, 11) is 0. The third-order valence-corrected chi connectivity index (χ3v) is 3.32. The van der Waals surface area contributed by atoms with Gasteiger partial charge in [0.05, 0.1) is 5.52 Å². The van der Waals surface area contributed by atoms with Gasteiger partial charge in [-0.15, -0.1) is 0 Å². The van der Waals surface area contributed by atoms with Gasteiger partial charge in [-0.05, 0) is 43.2 Å². The minimum atomic E-state index is -0.188. The number of fused-ring (bicyclic) bond motifs is 1. The first-order valence-corrected chi connectivity index (χ1v) is 6.43. The molecule has 1 saturated heterocycles. The number of carbonyl (C=O) groups is 1. The summed E-state index contributed by atoms with van der Waals surface area (Å²) in [6.07, 6.45) is 1.83. The van der Waals surface area contributed by atoms with Gasteiger partial charge in [0.15, 0.2) is 0 Å². The summed E-state index contributed by atoms with van der Waals surface area (Å²) >= 11 is 0. The molecule has 2 aromatic rings. The number of nitrogens with two attached hydrogens (primary N) is 1. The van der Waals surface area contributed by atoms with Crippen molar-refractivity contribution in [2.45, 2.75) is 18.9 Å². The van der Waals surface area contributed by atoms with Gasteiger partial charge in [-0.1, -0.05) is 0 Å². The van der Waals surface area contributed by atoms with Gasteiger partial charge in [0.2, 0.25) is 5.91 Å². The van der Waals surface area contributed by atoms with Crippen molar-refractivity contribution in [3.8, 4) is 0 Å². The standard InChI is InChI=1S/C14H16N4O/c15-10-4-5-11-9(8-10)3-6-13(17-11)18-12-2-1-7-16-14(12)19/h3-6,8,12H,1-2,7,15H2,(H,16,19)(H,17,18). The summed E-state index contributed by atoms with van der Waals surface area (Å²) in [4.78, 5) is 16.2. The molecular formula is C14H16N4O. The van der Waals surface area contributed by atoms with Gasteiger partial charge in [0.1, 0.15) is 11.9 Å². The lowest BCUT2D eigenvalue weighted by Crippen LogP contribution is -2.44. The number of rotatable bonds is 2. The number of anilines is 2. The van der Waals surface area contributed by atoms with Crippen LogP contribution in [0, 0.1) is 0 Å². The molecule has 0 aliphatic carbocycles. The van der Waals surface area contributed by atoms with Gasteiger partial charge in [0, 0.05) is 17.6 Å². The van der Waals surface area contributed by atoms with Crippen LogP contribution < -0.4 is 16.4 Å². The maximum atomic E-state index is 11.7. The number of nitrogen functional groups attached to an aromatic ring is 1. The van der Waals surface area contributed by atoms with Gasteiger partial charge in [0.25, 0.3) is 0 Å². The first kappa shape index (κ1) is 11.8. The Bertz CT molecular complexity index is 626. The quantitative estimate of drug-likeness (QED) is 0.711. The second kappa shape index (κ2) is 4.76. The van der Waals surface area contributed by atoms with E-state index < -0.39 is 0 Å². The van der Waals surface area contributed by atoms with E-state index in [0.717, 1.165) is 41.8 Å². The van der Waals surface area contributed by atoms with Crippen molar-refractivity contribution in [2.24, 2.45) is 0 Å². The summed E-state index contributed by atoms with van der Waals surface area (Å²) in [6.45, 7) is 0.765. The Labute approximate surface area is 111 Å². The Kier molecular flexibility index (Phi) is 2.95. The number of carbonyl (C=O) groups excluding carboxylic acids is 1. The van der Waals surface area contributed by atoms with Crippen LogP contribution in [0.2, 0.25) is 0 Å². The highest BCUT2D eigenvalue weighted by Crippen LogP contribution is 2.19. The smallest absolute Gasteiger partial charge is 0.242 e. The van der Waals surface area contributed by atoms with Gasteiger partial charge in [-0.25, -0.2) is 4.98 Å². The average molecular weight is 256 g/mol. The fourth-order valence-electron chi connectivity index (χ4n) is 2.31. The molecule has 1 aliphatic heterocycles. The third kappa shape index (κ3) is 2.45. The normalized spacial score (nSPS) is 19.2. The van der Waals surface area contributed by atoms with Crippen LogP contribution in [0.4, 0.5) is 11.5 Å². The predicted molar refractivity (Wildman–Crippen MR) is 75.8 cm³/mol. The lowest BCUT2D eigenvalue weighted by Gasteiger charge is -2.23. The molecule has 1 fully saturated rings. The number of piperidine rings is 1. The van der Waals surface area contributed by atoms with Crippen molar-refractivity contribution >= 4 is 28.3 Å². The first-order valence-electron chi connectivity index (χ1n) is 6.43. The molecule has 1 aromatic heterocycles. The molecule has 0 radical (unpaired) electrons. The van der Waals surface area contributed by atoms with Gasteiger partial charge in [-0.2, -0.15) is 0 Å². The van der Waals surface area contributed by atoms with Crippen LogP contribution in [0.3, 0.4) is 0 Å². The highest BCUT2D eigenvalue weighted by atomic mass is 16.2. The number of aromatic nitrogens is 1. The maximum absolute atomic E-state index is 11.7. The SMILES string of the molecule is Nc1ccc2nc(NC3CCCNC3=O)ccc2c1. The van der Waals surface area contributed by atoms with Crippen molar-refractivity contribution in [2.75, 3.05) is 17.6 Å². The second-order valence-electron chi connectivity index (χ2n) is 4.78. The molecule has 98 valence electrons. The summed E-state index contributed by atoms with van der Waals surface area (Å²) in [5.74, 6) is 0.768. The molecule has 19 heavy (non-hydrogen) atoms. The van der Waals surface area contributed by atoms with Crippen molar-refractivity contribution in [3.05, 3.63) is 30.3 Å². The summed E-state index contributed by atoms with van der Waals surface area (Å²) in [6, 6.07) is 9.25. The zero-order valence-corrected chi connectivity index (χ0v) is 10.5. The van der Waals surface area contributed by atoms with E-state index in [1.54, 1.807) is 0 Å². The Hall–Kier alpha value is -2.30. The summed E-state index contributed by atoms with van der Waals surface area (Å²) in [5.41, 5.74) is 7.33. The van der Waals surface area contributed by atoms with E-state index in [-0.39, 0.29) is 11.9 Å². The maximum Gasteiger partial charge on any atom is 0.242 e. The van der Waals surface area contributed by atoms with Crippen molar-refractivity contribution in [3.63, 3.8) is 0 Å². The van der Waals surface area contributed by atoms with E-state index in [1.807, 2.05) is 30.3 Å². The Morgan fingerprint density at radius 2 is 2.21 bits per heavy atom. The molecule has 1 aliphatic rings. The fourth-order valence-corrected chi connectivity index (χ4v) is 2.31. The third-order valence-electron chi connectivity index (χ3n) is 3.32. The number of amides is 1. The highest BCUT2D eigenvalue weighted by Gasteiger charge is 2.21. The molecule has 4 N–H and O–H groups in total. The first-order chi connectivity index (χ1) is 9.22. The minimum Gasteiger partial charge on any atom is -0.399 e. The van der Waals surface area contributed by atoms with Crippen molar-refractivity contribution in [1.82, 2.24) is 10.3 Å². The van der Waals surface area contributed by atoms with E-state index in [2.05, 4.69) is 15.6 Å². The Morgan fingerprint density at radius 1 is 1.32 bits per heavy atom. The van der Waals surface area contributed by atoms with Gasteiger partial charge in [-0.3, -0.25) is 4.79 Å². The predicted octanol–water partition coefficient (Wildman–Crippen LogP) is 1.51. The molecule has 2 heterocycles. The van der Waals surface area contributed by atoms with Crippen LogP contribution in [0.15, 0.2) is 30.3 Å². The number of hydrogen-bond acceptors (Lipinski definition) is 4. The zero-order chi connectivity index (χ0) is 13.2. The highest BCUT2D eigenvalue weighted by molar-refractivity contribution is 5.86. The zero-order valence-electron chi connectivity index (χ0n) is 10.5. The topological polar surface area (TPSA) is 80.0 Å². The number of nitrogens with one attached hydrogen (secondary N) is 2. The number of nitrogens with zero attached hydrogens (tertiary/aromatic N) is 1. The minimum absolute atomic E-state index is 0.0467. The van der Waals surface area contributed by atoms with Crippen LogP contribution in [-0.2, 0) is 4.79 Å². The van der Waals surface area contributed by atoms with Crippen molar-refractivity contribution in [1.29, 1.82) is 0 Å². The number of pyridine rings is 1. The fraction of sp³-hybridized carbons (Fsp3) is 0.286. The summed E-state index contributed by atoms with van der Waals surface area (Å²) in [5, 5.41) is 7.03. The molecule has 1 aromatic carbocycles. The van der Waals surface area contributed by atoms with Gasteiger partial charge >= 0.3 is 0 Å². The molecule has 1 atom stereocenters. The van der Waals surface area contributed by atoms with Crippen LogP contribution in [-0.4, -0.2) is 23.5 Å². The number of hydrogen-bond donors (Lipinski definition) is 3. The van der Waals surface area contributed by atoms with Crippen molar-refractivity contribution < 1.29 is 4.79 Å². The number of benzene rings is 1. The lowest BCUT2D eigenvalue weighted by molar-refractivity contribution is -0.123. The van der Waals surface area contributed by atoms with E-state index in [0.29, 0.717) is 0 Å². The molecule has 0 bridgehead atoms. The molecule has 1 unspecified atom stereocenters. The average Bonchev–Trinajstić information content (AvgIpc) is 2.41. The van der Waals surface area contributed by atoms with Gasteiger partial charge < -0.3 is 16.4 Å². The van der Waals surface area contributed by atoms with E-state index in [4.69, 9.17) is 5.73 Å². The van der Waals surface area contributed by atoms with Crippen LogP contribution >= 0.6 is 0 Å².